The molecule has 1 aromatic rings. The number of aliphatic hydroxyl groups excluding tert-OH is 1. The van der Waals surface area contributed by atoms with Gasteiger partial charge < -0.3 is 15.3 Å². The van der Waals surface area contributed by atoms with E-state index < -0.39 is 0 Å². The van der Waals surface area contributed by atoms with Crippen molar-refractivity contribution in [2.45, 2.75) is 37.8 Å². The first-order valence-electron chi connectivity index (χ1n) is 6.93. The zero-order valence-corrected chi connectivity index (χ0v) is 12.7. The lowest BCUT2D eigenvalue weighted by molar-refractivity contribution is 0.0828. The van der Waals surface area contributed by atoms with Crippen LogP contribution in [0.5, 0.6) is 0 Å². The molecule has 2 N–H and O–H groups in total. The van der Waals surface area contributed by atoms with Crippen molar-refractivity contribution in [3.63, 3.8) is 0 Å². The minimum atomic E-state index is -0.185. The summed E-state index contributed by atoms with van der Waals surface area (Å²) in [6.45, 7) is 0. The molecular formula is C15H21ClN2O2. The fourth-order valence-electron chi connectivity index (χ4n) is 2.50. The van der Waals surface area contributed by atoms with Crippen LogP contribution < -0.4 is 5.32 Å². The van der Waals surface area contributed by atoms with Crippen molar-refractivity contribution in [2.24, 2.45) is 0 Å². The summed E-state index contributed by atoms with van der Waals surface area (Å²) >= 11 is 6.04. The van der Waals surface area contributed by atoms with Gasteiger partial charge in [-0.25, -0.2) is 0 Å². The largest absolute Gasteiger partial charge is 0.393 e. The van der Waals surface area contributed by atoms with Crippen LogP contribution in [0, 0.1) is 0 Å². The molecule has 0 aromatic heterocycles. The molecular weight excluding hydrogens is 276 g/mol. The predicted octanol–water partition coefficient (Wildman–Crippen LogP) is 2.76. The topological polar surface area (TPSA) is 52.6 Å². The molecule has 0 spiro atoms. The fraction of sp³-hybridized carbons (Fsp3) is 0.533. The zero-order chi connectivity index (χ0) is 14.7. The monoisotopic (exact) mass is 296 g/mol. The summed E-state index contributed by atoms with van der Waals surface area (Å²) in [4.78, 5) is 13.7. The molecule has 1 fully saturated rings. The molecule has 4 nitrogen and oxygen atoms in total. The molecule has 0 bridgehead atoms. The number of carbonyl (C=O) groups excluding carboxylic acids is 1. The van der Waals surface area contributed by atoms with Crippen LogP contribution in [-0.4, -0.2) is 42.2 Å². The van der Waals surface area contributed by atoms with Crippen molar-refractivity contribution in [1.82, 2.24) is 4.90 Å². The molecule has 1 aromatic carbocycles. The van der Waals surface area contributed by atoms with E-state index in [9.17, 15) is 9.90 Å². The Hall–Kier alpha value is -1.26. The summed E-state index contributed by atoms with van der Waals surface area (Å²) in [5, 5.41) is 13.6. The van der Waals surface area contributed by atoms with Crippen LogP contribution >= 0.6 is 11.6 Å². The van der Waals surface area contributed by atoms with Gasteiger partial charge in [0.2, 0.25) is 0 Å². The summed E-state index contributed by atoms with van der Waals surface area (Å²) in [7, 11) is 3.47. The second kappa shape index (κ2) is 6.46. The molecule has 5 heteroatoms. The van der Waals surface area contributed by atoms with Gasteiger partial charge in [0.15, 0.2) is 0 Å². The Morgan fingerprint density at radius 2 is 1.95 bits per heavy atom. The number of nitrogens with one attached hydrogen (secondary N) is 1. The van der Waals surface area contributed by atoms with Crippen molar-refractivity contribution in [3.05, 3.63) is 28.8 Å². The first-order chi connectivity index (χ1) is 9.47. The minimum absolute atomic E-state index is 0.0417. The summed E-state index contributed by atoms with van der Waals surface area (Å²) < 4.78 is 0. The second-order valence-corrected chi connectivity index (χ2v) is 5.98. The third-order valence-corrected chi connectivity index (χ3v) is 3.91. The lowest BCUT2D eigenvalue weighted by atomic mass is 9.92. The van der Waals surface area contributed by atoms with Gasteiger partial charge in [-0.1, -0.05) is 11.6 Å². The van der Waals surface area contributed by atoms with Crippen molar-refractivity contribution >= 4 is 23.2 Å². The highest BCUT2D eigenvalue weighted by atomic mass is 35.5. The maximum atomic E-state index is 12.2. The van der Waals surface area contributed by atoms with Crippen LogP contribution in [0.1, 0.15) is 36.0 Å². The number of halogens is 1. The highest BCUT2D eigenvalue weighted by molar-refractivity contribution is 6.31. The predicted molar refractivity (Wildman–Crippen MR) is 81.4 cm³/mol. The van der Waals surface area contributed by atoms with Gasteiger partial charge in [-0.2, -0.15) is 0 Å². The van der Waals surface area contributed by atoms with E-state index in [1.165, 1.54) is 0 Å². The van der Waals surface area contributed by atoms with Crippen LogP contribution in [-0.2, 0) is 0 Å². The van der Waals surface area contributed by atoms with E-state index in [4.69, 9.17) is 11.6 Å². The van der Waals surface area contributed by atoms with Crippen LogP contribution in [0.25, 0.3) is 0 Å². The number of benzene rings is 1. The molecule has 1 aliphatic carbocycles. The lowest BCUT2D eigenvalue weighted by Crippen LogP contribution is -2.30. The lowest BCUT2D eigenvalue weighted by Gasteiger charge is -2.28. The van der Waals surface area contributed by atoms with Gasteiger partial charge >= 0.3 is 0 Å². The zero-order valence-electron chi connectivity index (χ0n) is 11.9. The molecule has 1 saturated carbocycles. The normalized spacial score (nSPS) is 22.4. The van der Waals surface area contributed by atoms with Crippen LogP contribution in [0.4, 0.5) is 5.69 Å². The highest BCUT2D eigenvalue weighted by Gasteiger charge is 2.21. The summed E-state index contributed by atoms with van der Waals surface area (Å²) in [6.07, 6.45) is 3.23. The molecule has 20 heavy (non-hydrogen) atoms. The number of nitrogens with zero attached hydrogens (tertiary/aromatic N) is 1. The van der Waals surface area contributed by atoms with Gasteiger partial charge in [0, 0.05) is 30.8 Å². The number of anilines is 1. The van der Waals surface area contributed by atoms with Crippen molar-refractivity contribution in [2.75, 3.05) is 19.4 Å². The Morgan fingerprint density at radius 3 is 2.55 bits per heavy atom. The fourth-order valence-corrected chi connectivity index (χ4v) is 2.68. The molecule has 2 rings (SSSR count). The number of rotatable bonds is 3. The Bertz CT molecular complexity index is 483. The number of hydrogen-bond acceptors (Lipinski definition) is 3. The molecule has 0 heterocycles. The van der Waals surface area contributed by atoms with E-state index in [0.717, 1.165) is 31.4 Å². The third kappa shape index (κ3) is 3.64. The Labute approximate surface area is 124 Å². The SMILES string of the molecule is CN(C)C(=O)c1ccc(Cl)cc1NC1CCC(O)CC1. The van der Waals surface area contributed by atoms with E-state index in [1.807, 2.05) is 0 Å². The Morgan fingerprint density at radius 1 is 1.30 bits per heavy atom. The van der Waals surface area contributed by atoms with Crippen molar-refractivity contribution in [3.8, 4) is 0 Å². The van der Waals surface area contributed by atoms with Crippen molar-refractivity contribution in [1.29, 1.82) is 0 Å². The van der Waals surface area contributed by atoms with Gasteiger partial charge in [-0.3, -0.25) is 4.79 Å². The second-order valence-electron chi connectivity index (χ2n) is 5.54. The molecule has 0 saturated heterocycles. The van der Waals surface area contributed by atoms with E-state index >= 15 is 0 Å². The maximum Gasteiger partial charge on any atom is 0.255 e. The van der Waals surface area contributed by atoms with E-state index in [1.54, 1.807) is 37.2 Å². The van der Waals surface area contributed by atoms with Gasteiger partial charge in [0.25, 0.3) is 5.91 Å². The smallest absolute Gasteiger partial charge is 0.255 e. The van der Waals surface area contributed by atoms with Crippen LogP contribution in [0.15, 0.2) is 18.2 Å². The van der Waals surface area contributed by atoms with Crippen LogP contribution in [0.3, 0.4) is 0 Å². The molecule has 0 aliphatic heterocycles. The van der Waals surface area contributed by atoms with E-state index in [2.05, 4.69) is 5.32 Å². The Kier molecular flexibility index (Phi) is 4.89. The summed E-state index contributed by atoms with van der Waals surface area (Å²) in [6, 6.07) is 5.56. The first-order valence-corrected chi connectivity index (χ1v) is 7.31. The Balaban J connectivity index is 2.17. The number of carbonyl (C=O) groups is 1. The molecule has 0 unspecified atom stereocenters. The highest BCUT2D eigenvalue weighted by Crippen LogP contribution is 2.27. The summed E-state index contributed by atoms with van der Waals surface area (Å²) in [5.41, 5.74) is 1.41. The molecule has 0 atom stereocenters. The standard InChI is InChI=1S/C15H21ClN2O2/c1-18(2)15(20)13-8-3-10(16)9-14(13)17-11-4-6-12(19)7-5-11/h3,8-9,11-12,17,19H,4-7H2,1-2H3. The third-order valence-electron chi connectivity index (χ3n) is 3.67. The minimum Gasteiger partial charge on any atom is -0.393 e. The maximum absolute atomic E-state index is 12.2. The molecule has 1 aliphatic rings. The quantitative estimate of drug-likeness (QED) is 0.902. The number of amides is 1. The molecule has 0 radical (unpaired) electrons. The van der Waals surface area contributed by atoms with E-state index in [0.29, 0.717) is 10.6 Å². The average Bonchev–Trinajstić information content (AvgIpc) is 2.41. The van der Waals surface area contributed by atoms with Gasteiger partial charge in [-0.05, 0) is 43.9 Å². The van der Waals surface area contributed by atoms with Crippen molar-refractivity contribution < 1.29 is 9.90 Å². The molecule has 110 valence electrons. The van der Waals surface area contributed by atoms with Crippen LogP contribution in [0.2, 0.25) is 5.02 Å². The average molecular weight is 297 g/mol. The summed E-state index contributed by atoms with van der Waals surface area (Å²) in [5.74, 6) is -0.0417. The van der Waals surface area contributed by atoms with Gasteiger partial charge in [0.05, 0.1) is 11.7 Å². The first kappa shape index (κ1) is 15.1. The van der Waals surface area contributed by atoms with Gasteiger partial charge in [0.1, 0.15) is 0 Å². The van der Waals surface area contributed by atoms with E-state index in [-0.39, 0.29) is 18.1 Å². The molecule has 1 amide bonds. The van der Waals surface area contributed by atoms with Gasteiger partial charge in [-0.15, -0.1) is 0 Å². The number of hydrogen-bond donors (Lipinski definition) is 2. The number of aliphatic hydroxyl groups is 1.